The number of methoxy groups -OCH3 is 2. The standard InChI is InChI=1S/C16H24N2O3.ClH/c1-20-14-7-3-6-13(15(14)21-2)16(19)18-10-4-5-12(11-18)8-9-17;/h3,6-7,12H,4-5,8-11,17H2,1-2H3;1H. The average molecular weight is 329 g/mol. The Balaban J connectivity index is 0.00000242. The second-order valence-corrected chi connectivity index (χ2v) is 5.38. The summed E-state index contributed by atoms with van der Waals surface area (Å²) in [5.41, 5.74) is 6.20. The lowest BCUT2D eigenvalue weighted by Crippen LogP contribution is -2.40. The smallest absolute Gasteiger partial charge is 0.257 e. The van der Waals surface area contributed by atoms with Gasteiger partial charge in [-0.05, 0) is 43.9 Å². The molecular weight excluding hydrogens is 304 g/mol. The summed E-state index contributed by atoms with van der Waals surface area (Å²) in [5.74, 6) is 1.60. The first-order valence-corrected chi connectivity index (χ1v) is 7.41. The average Bonchev–Trinajstić information content (AvgIpc) is 2.53. The number of para-hydroxylation sites is 1. The van der Waals surface area contributed by atoms with Gasteiger partial charge < -0.3 is 20.1 Å². The van der Waals surface area contributed by atoms with Crippen molar-refractivity contribution in [2.24, 2.45) is 11.7 Å². The zero-order valence-electron chi connectivity index (χ0n) is 13.2. The van der Waals surface area contributed by atoms with E-state index in [1.54, 1.807) is 26.4 Å². The van der Waals surface area contributed by atoms with Gasteiger partial charge in [0.1, 0.15) is 0 Å². The number of halogens is 1. The molecule has 2 rings (SSSR count). The van der Waals surface area contributed by atoms with Gasteiger partial charge in [0.2, 0.25) is 0 Å². The van der Waals surface area contributed by atoms with E-state index in [0.717, 1.165) is 32.4 Å². The lowest BCUT2D eigenvalue weighted by atomic mass is 9.94. The SMILES string of the molecule is COc1cccc(C(=O)N2CCCC(CCN)C2)c1OC.Cl. The number of benzene rings is 1. The predicted molar refractivity (Wildman–Crippen MR) is 89.1 cm³/mol. The number of nitrogens with zero attached hydrogens (tertiary/aromatic N) is 1. The number of likely N-dealkylation sites (tertiary alicyclic amines) is 1. The van der Waals surface area contributed by atoms with E-state index in [-0.39, 0.29) is 18.3 Å². The Hall–Kier alpha value is -1.46. The van der Waals surface area contributed by atoms with E-state index in [2.05, 4.69) is 0 Å². The van der Waals surface area contributed by atoms with Crippen molar-refractivity contribution in [1.29, 1.82) is 0 Å². The number of nitrogens with two attached hydrogens (primary N) is 1. The van der Waals surface area contributed by atoms with Gasteiger partial charge in [-0.15, -0.1) is 12.4 Å². The molecule has 0 aromatic heterocycles. The number of rotatable bonds is 5. The Morgan fingerprint density at radius 2 is 2.14 bits per heavy atom. The molecule has 22 heavy (non-hydrogen) atoms. The molecule has 1 atom stereocenters. The minimum atomic E-state index is 0. The van der Waals surface area contributed by atoms with Gasteiger partial charge in [0.25, 0.3) is 5.91 Å². The Bertz CT molecular complexity index is 494. The van der Waals surface area contributed by atoms with Crippen molar-refractivity contribution in [2.75, 3.05) is 33.9 Å². The van der Waals surface area contributed by atoms with Crippen LogP contribution in [-0.2, 0) is 0 Å². The van der Waals surface area contributed by atoms with Gasteiger partial charge in [0, 0.05) is 13.1 Å². The zero-order chi connectivity index (χ0) is 15.2. The summed E-state index contributed by atoms with van der Waals surface area (Å²) in [7, 11) is 3.13. The molecule has 0 saturated carbocycles. The fraction of sp³-hybridized carbons (Fsp3) is 0.562. The molecule has 1 amide bonds. The van der Waals surface area contributed by atoms with E-state index in [0.29, 0.717) is 29.5 Å². The number of carbonyl (C=O) groups excluding carboxylic acids is 1. The number of hydrogen-bond donors (Lipinski definition) is 1. The van der Waals surface area contributed by atoms with Crippen LogP contribution < -0.4 is 15.2 Å². The molecule has 5 nitrogen and oxygen atoms in total. The Kier molecular flexibility index (Phi) is 7.48. The second-order valence-electron chi connectivity index (χ2n) is 5.38. The van der Waals surface area contributed by atoms with Gasteiger partial charge in [-0.2, -0.15) is 0 Å². The molecule has 124 valence electrons. The highest BCUT2D eigenvalue weighted by Crippen LogP contribution is 2.32. The van der Waals surface area contributed by atoms with Crippen molar-refractivity contribution in [1.82, 2.24) is 4.90 Å². The molecule has 1 heterocycles. The molecule has 1 saturated heterocycles. The van der Waals surface area contributed by atoms with Crippen LogP contribution in [0.5, 0.6) is 11.5 Å². The van der Waals surface area contributed by atoms with Crippen molar-refractivity contribution < 1.29 is 14.3 Å². The highest BCUT2D eigenvalue weighted by atomic mass is 35.5. The molecule has 6 heteroatoms. The third-order valence-electron chi connectivity index (χ3n) is 4.01. The maximum absolute atomic E-state index is 12.8. The molecule has 0 spiro atoms. The molecule has 1 fully saturated rings. The van der Waals surface area contributed by atoms with Gasteiger partial charge in [0.15, 0.2) is 11.5 Å². The fourth-order valence-electron chi connectivity index (χ4n) is 2.95. The van der Waals surface area contributed by atoms with Crippen molar-refractivity contribution in [3.63, 3.8) is 0 Å². The fourth-order valence-corrected chi connectivity index (χ4v) is 2.95. The lowest BCUT2D eigenvalue weighted by molar-refractivity contribution is 0.0665. The minimum absolute atomic E-state index is 0. The van der Waals surface area contributed by atoms with E-state index in [1.807, 2.05) is 11.0 Å². The first-order valence-electron chi connectivity index (χ1n) is 7.41. The molecule has 1 aliphatic rings. The van der Waals surface area contributed by atoms with E-state index in [4.69, 9.17) is 15.2 Å². The summed E-state index contributed by atoms with van der Waals surface area (Å²) < 4.78 is 10.6. The van der Waals surface area contributed by atoms with Crippen LogP contribution in [0.3, 0.4) is 0 Å². The van der Waals surface area contributed by atoms with E-state index in [9.17, 15) is 4.79 Å². The van der Waals surface area contributed by atoms with Gasteiger partial charge in [-0.25, -0.2) is 0 Å². The van der Waals surface area contributed by atoms with Crippen molar-refractivity contribution in [2.45, 2.75) is 19.3 Å². The molecule has 0 aliphatic carbocycles. The van der Waals surface area contributed by atoms with Crippen LogP contribution >= 0.6 is 12.4 Å². The molecule has 1 aromatic carbocycles. The minimum Gasteiger partial charge on any atom is -0.493 e. The van der Waals surface area contributed by atoms with Gasteiger partial charge in [-0.1, -0.05) is 6.07 Å². The summed E-state index contributed by atoms with van der Waals surface area (Å²) in [5, 5.41) is 0. The molecule has 1 unspecified atom stereocenters. The normalized spacial score (nSPS) is 17.6. The van der Waals surface area contributed by atoms with Crippen molar-refractivity contribution in [3.8, 4) is 11.5 Å². The third-order valence-corrected chi connectivity index (χ3v) is 4.01. The van der Waals surface area contributed by atoms with Gasteiger partial charge >= 0.3 is 0 Å². The predicted octanol–water partition coefficient (Wildman–Crippen LogP) is 2.33. The van der Waals surface area contributed by atoms with Crippen LogP contribution in [0.25, 0.3) is 0 Å². The Labute approximate surface area is 138 Å². The lowest BCUT2D eigenvalue weighted by Gasteiger charge is -2.33. The highest BCUT2D eigenvalue weighted by Gasteiger charge is 2.26. The Morgan fingerprint density at radius 3 is 2.77 bits per heavy atom. The maximum atomic E-state index is 12.8. The monoisotopic (exact) mass is 328 g/mol. The quantitative estimate of drug-likeness (QED) is 0.901. The summed E-state index contributed by atoms with van der Waals surface area (Å²) in [4.78, 5) is 14.7. The zero-order valence-corrected chi connectivity index (χ0v) is 14.0. The summed E-state index contributed by atoms with van der Waals surface area (Å²) in [6.45, 7) is 2.24. The van der Waals surface area contributed by atoms with E-state index in [1.165, 1.54) is 0 Å². The maximum Gasteiger partial charge on any atom is 0.257 e. The van der Waals surface area contributed by atoms with Crippen LogP contribution in [0.2, 0.25) is 0 Å². The first-order chi connectivity index (χ1) is 10.2. The van der Waals surface area contributed by atoms with Crippen molar-refractivity contribution >= 4 is 18.3 Å². The molecule has 0 bridgehead atoms. The largest absolute Gasteiger partial charge is 0.493 e. The molecule has 0 radical (unpaired) electrons. The number of carbonyl (C=O) groups is 1. The number of piperidine rings is 1. The second kappa shape index (κ2) is 8.86. The number of ether oxygens (including phenoxy) is 2. The third kappa shape index (κ3) is 4.05. The van der Waals surface area contributed by atoms with Crippen LogP contribution in [0, 0.1) is 5.92 Å². The highest BCUT2D eigenvalue weighted by molar-refractivity contribution is 5.97. The first kappa shape index (κ1) is 18.6. The topological polar surface area (TPSA) is 64.8 Å². The summed E-state index contributed by atoms with van der Waals surface area (Å²) >= 11 is 0. The molecule has 2 N–H and O–H groups in total. The van der Waals surface area contributed by atoms with Crippen LogP contribution in [0.1, 0.15) is 29.6 Å². The van der Waals surface area contributed by atoms with Gasteiger partial charge in [0.05, 0.1) is 19.8 Å². The Morgan fingerprint density at radius 1 is 1.36 bits per heavy atom. The van der Waals surface area contributed by atoms with Crippen LogP contribution in [-0.4, -0.2) is 44.7 Å². The number of amides is 1. The molecule has 1 aromatic rings. The molecule has 1 aliphatic heterocycles. The van der Waals surface area contributed by atoms with Crippen molar-refractivity contribution in [3.05, 3.63) is 23.8 Å². The summed E-state index contributed by atoms with van der Waals surface area (Å²) in [6.07, 6.45) is 3.15. The van der Waals surface area contributed by atoms with Crippen LogP contribution in [0.4, 0.5) is 0 Å². The summed E-state index contributed by atoms with van der Waals surface area (Å²) in [6, 6.07) is 5.40. The van der Waals surface area contributed by atoms with Gasteiger partial charge in [-0.3, -0.25) is 4.79 Å². The van der Waals surface area contributed by atoms with Crippen LogP contribution in [0.15, 0.2) is 18.2 Å². The molecular formula is C16H25ClN2O3. The van der Waals surface area contributed by atoms with E-state index >= 15 is 0 Å². The number of hydrogen-bond acceptors (Lipinski definition) is 4. The van der Waals surface area contributed by atoms with E-state index < -0.39 is 0 Å².